The fraction of sp³-hybridized carbons (Fsp3) is 0.267. The molecule has 0 atom stereocenters. The Morgan fingerprint density at radius 1 is 1.18 bits per heavy atom. The Balaban J connectivity index is 2.41. The molecule has 0 unspecified atom stereocenters. The SMILES string of the molecule is COC(=O)c1ccc(C)c(NS(=O)(=O)c2cc(C)sc2C)c1. The molecule has 0 radical (unpaired) electrons. The Morgan fingerprint density at radius 3 is 2.41 bits per heavy atom. The zero-order valence-electron chi connectivity index (χ0n) is 12.8. The summed E-state index contributed by atoms with van der Waals surface area (Å²) in [5, 5.41) is 0. The van der Waals surface area contributed by atoms with Crippen molar-refractivity contribution in [1.29, 1.82) is 0 Å². The van der Waals surface area contributed by atoms with Crippen LogP contribution in [0.15, 0.2) is 29.2 Å². The Morgan fingerprint density at radius 2 is 1.86 bits per heavy atom. The molecule has 0 fully saturated rings. The van der Waals surface area contributed by atoms with E-state index in [1.807, 2.05) is 6.92 Å². The normalized spacial score (nSPS) is 11.3. The van der Waals surface area contributed by atoms with Crippen LogP contribution in [0.3, 0.4) is 0 Å². The van der Waals surface area contributed by atoms with Gasteiger partial charge in [-0.3, -0.25) is 4.72 Å². The quantitative estimate of drug-likeness (QED) is 0.868. The van der Waals surface area contributed by atoms with Gasteiger partial charge < -0.3 is 4.74 Å². The summed E-state index contributed by atoms with van der Waals surface area (Å²) in [6.07, 6.45) is 0. The molecule has 0 spiro atoms. The number of aryl methyl sites for hydroxylation is 3. The standard InChI is InChI=1S/C15H17NO4S2/c1-9-5-6-12(15(17)20-4)8-13(9)16-22(18,19)14-7-10(2)21-11(14)3/h5-8,16H,1-4H3. The first-order valence-electron chi connectivity index (χ1n) is 6.53. The minimum Gasteiger partial charge on any atom is -0.465 e. The van der Waals surface area contributed by atoms with Crippen LogP contribution >= 0.6 is 11.3 Å². The van der Waals surface area contributed by atoms with Crippen LogP contribution in [0.2, 0.25) is 0 Å². The highest BCUT2D eigenvalue weighted by Crippen LogP contribution is 2.28. The summed E-state index contributed by atoms with van der Waals surface area (Å²) in [7, 11) is -2.41. The molecule has 0 saturated carbocycles. The van der Waals surface area contributed by atoms with Crippen LogP contribution in [0.4, 0.5) is 5.69 Å². The summed E-state index contributed by atoms with van der Waals surface area (Å²) in [6, 6.07) is 6.39. The lowest BCUT2D eigenvalue weighted by Gasteiger charge is -2.11. The molecule has 2 aromatic rings. The summed E-state index contributed by atoms with van der Waals surface area (Å²) in [4.78, 5) is 13.5. The second kappa shape index (κ2) is 6.10. The summed E-state index contributed by atoms with van der Waals surface area (Å²) >= 11 is 1.43. The lowest BCUT2D eigenvalue weighted by atomic mass is 10.1. The van der Waals surface area contributed by atoms with Crippen molar-refractivity contribution in [2.45, 2.75) is 25.7 Å². The monoisotopic (exact) mass is 339 g/mol. The number of carbonyl (C=O) groups excluding carboxylic acids is 1. The van der Waals surface area contributed by atoms with Gasteiger partial charge in [0.05, 0.1) is 18.4 Å². The van der Waals surface area contributed by atoms with Gasteiger partial charge in [0.25, 0.3) is 10.0 Å². The van der Waals surface area contributed by atoms with Gasteiger partial charge in [0.2, 0.25) is 0 Å². The molecule has 0 aliphatic heterocycles. The van der Waals surface area contributed by atoms with Gasteiger partial charge >= 0.3 is 5.97 Å². The fourth-order valence-corrected chi connectivity index (χ4v) is 4.73. The number of nitrogens with one attached hydrogen (secondary N) is 1. The minimum absolute atomic E-state index is 0.262. The number of methoxy groups -OCH3 is 1. The average molecular weight is 339 g/mol. The maximum atomic E-state index is 12.5. The first kappa shape index (κ1) is 16.5. The molecule has 22 heavy (non-hydrogen) atoms. The maximum absolute atomic E-state index is 12.5. The molecule has 0 aliphatic carbocycles. The highest BCUT2D eigenvalue weighted by molar-refractivity contribution is 7.93. The van der Waals surface area contributed by atoms with Crippen molar-refractivity contribution in [3.8, 4) is 0 Å². The molecule has 118 valence electrons. The van der Waals surface area contributed by atoms with Crippen LogP contribution in [0.1, 0.15) is 25.7 Å². The molecule has 0 bridgehead atoms. The summed E-state index contributed by atoms with van der Waals surface area (Å²) in [5.74, 6) is -0.511. The number of esters is 1. The smallest absolute Gasteiger partial charge is 0.337 e. The summed E-state index contributed by atoms with van der Waals surface area (Å²) < 4.78 is 32.2. The molecule has 0 saturated heterocycles. The van der Waals surface area contributed by atoms with E-state index in [4.69, 9.17) is 0 Å². The van der Waals surface area contributed by atoms with Crippen LogP contribution < -0.4 is 4.72 Å². The molecule has 1 aromatic heterocycles. The zero-order valence-corrected chi connectivity index (χ0v) is 14.4. The molecule has 7 heteroatoms. The van der Waals surface area contributed by atoms with E-state index in [0.29, 0.717) is 11.3 Å². The largest absolute Gasteiger partial charge is 0.465 e. The molecule has 1 heterocycles. The van der Waals surface area contributed by atoms with Crippen molar-refractivity contribution in [2.75, 3.05) is 11.8 Å². The fourth-order valence-electron chi connectivity index (χ4n) is 2.05. The Hall–Kier alpha value is -1.86. The van der Waals surface area contributed by atoms with Gasteiger partial charge in [-0.25, -0.2) is 13.2 Å². The molecule has 1 N–H and O–H groups in total. The van der Waals surface area contributed by atoms with Gasteiger partial charge in [0, 0.05) is 9.75 Å². The van der Waals surface area contributed by atoms with E-state index in [-0.39, 0.29) is 4.90 Å². The minimum atomic E-state index is -3.69. The highest BCUT2D eigenvalue weighted by atomic mass is 32.2. The van der Waals surface area contributed by atoms with E-state index in [9.17, 15) is 13.2 Å². The number of hydrogen-bond acceptors (Lipinski definition) is 5. The van der Waals surface area contributed by atoms with Crippen molar-refractivity contribution in [3.05, 3.63) is 45.1 Å². The van der Waals surface area contributed by atoms with Gasteiger partial charge in [0.15, 0.2) is 0 Å². The van der Waals surface area contributed by atoms with E-state index in [0.717, 1.165) is 15.3 Å². The van der Waals surface area contributed by atoms with Gasteiger partial charge in [0.1, 0.15) is 4.90 Å². The molecule has 1 aromatic carbocycles. The van der Waals surface area contributed by atoms with E-state index >= 15 is 0 Å². The third-order valence-corrected chi connectivity index (χ3v) is 5.77. The van der Waals surface area contributed by atoms with Crippen molar-refractivity contribution in [2.24, 2.45) is 0 Å². The third-order valence-electron chi connectivity index (χ3n) is 3.19. The molecular weight excluding hydrogens is 322 g/mol. The molecule has 0 aliphatic rings. The van der Waals surface area contributed by atoms with Crippen molar-refractivity contribution < 1.29 is 17.9 Å². The number of benzene rings is 1. The van der Waals surface area contributed by atoms with Crippen LogP contribution in [0, 0.1) is 20.8 Å². The van der Waals surface area contributed by atoms with Gasteiger partial charge in [-0.1, -0.05) is 6.07 Å². The number of carbonyl (C=O) groups is 1. The number of ether oxygens (including phenoxy) is 1. The topological polar surface area (TPSA) is 72.5 Å². The first-order valence-corrected chi connectivity index (χ1v) is 8.83. The molecule has 2 rings (SSSR count). The highest BCUT2D eigenvalue weighted by Gasteiger charge is 2.20. The molecule has 0 amide bonds. The summed E-state index contributed by atoms with van der Waals surface area (Å²) in [6.45, 7) is 5.40. The number of rotatable bonds is 4. The second-order valence-electron chi connectivity index (χ2n) is 4.90. The third kappa shape index (κ3) is 3.31. The first-order chi connectivity index (χ1) is 10.2. The summed E-state index contributed by atoms with van der Waals surface area (Å²) in [5.41, 5.74) is 1.39. The van der Waals surface area contributed by atoms with Gasteiger partial charge in [-0.15, -0.1) is 11.3 Å². The van der Waals surface area contributed by atoms with Crippen LogP contribution in [-0.4, -0.2) is 21.5 Å². The number of thiophene rings is 1. The van der Waals surface area contributed by atoms with Crippen LogP contribution in [0.25, 0.3) is 0 Å². The second-order valence-corrected chi connectivity index (χ2v) is 8.02. The Labute approximate surface area is 134 Å². The van der Waals surface area contributed by atoms with Crippen LogP contribution in [0.5, 0.6) is 0 Å². The van der Waals surface area contributed by atoms with Crippen LogP contribution in [-0.2, 0) is 14.8 Å². The van der Waals surface area contributed by atoms with Crippen molar-refractivity contribution >= 4 is 33.0 Å². The van der Waals surface area contributed by atoms with E-state index < -0.39 is 16.0 Å². The number of hydrogen-bond donors (Lipinski definition) is 1. The Kier molecular flexibility index (Phi) is 4.58. The van der Waals surface area contributed by atoms with E-state index in [2.05, 4.69) is 9.46 Å². The maximum Gasteiger partial charge on any atom is 0.337 e. The van der Waals surface area contributed by atoms with Crippen molar-refractivity contribution in [3.63, 3.8) is 0 Å². The zero-order chi connectivity index (χ0) is 16.5. The average Bonchev–Trinajstić information content (AvgIpc) is 2.80. The van der Waals surface area contributed by atoms with E-state index in [1.54, 1.807) is 32.0 Å². The lowest BCUT2D eigenvalue weighted by Crippen LogP contribution is -2.14. The predicted molar refractivity (Wildman–Crippen MR) is 87.1 cm³/mol. The number of sulfonamides is 1. The van der Waals surface area contributed by atoms with Crippen molar-refractivity contribution in [1.82, 2.24) is 0 Å². The van der Waals surface area contributed by atoms with Gasteiger partial charge in [-0.05, 0) is 44.5 Å². The van der Waals surface area contributed by atoms with E-state index in [1.165, 1.54) is 24.5 Å². The molecular formula is C15H17NO4S2. The number of anilines is 1. The lowest BCUT2D eigenvalue weighted by molar-refractivity contribution is 0.0601. The molecule has 5 nitrogen and oxygen atoms in total. The predicted octanol–water partition coefficient (Wildman–Crippen LogP) is 3.26. The van der Waals surface area contributed by atoms with Gasteiger partial charge in [-0.2, -0.15) is 0 Å². The Bertz CT molecular complexity index is 822.